The van der Waals surface area contributed by atoms with Crippen LogP contribution in [0, 0.1) is 0 Å². The number of rotatable bonds is 7. The lowest BCUT2D eigenvalue weighted by atomic mass is 9.66. The molecule has 59 heavy (non-hydrogen) atoms. The molecule has 276 valence electrons. The van der Waals surface area contributed by atoms with Crippen LogP contribution in [0.3, 0.4) is 0 Å². The van der Waals surface area contributed by atoms with Gasteiger partial charge in [0.15, 0.2) is 17.5 Å². The molecule has 9 aromatic carbocycles. The molecule has 0 amide bonds. The Bertz CT molecular complexity index is 3100. The van der Waals surface area contributed by atoms with Crippen LogP contribution < -0.4 is 0 Å². The van der Waals surface area contributed by atoms with Crippen LogP contribution in [0.2, 0.25) is 0 Å². The monoisotopic (exact) mass is 751 g/mol. The van der Waals surface area contributed by atoms with Gasteiger partial charge in [0, 0.05) is 16.7 Å². The predicted molar refractivity (Wildman–Crippen MR) is 242 cm³/mol. The summed E-state index contributed by atoms with van der Waals surface area (Å²) < 4.78 is 0. The first-order chi connectivity index (χ1) is 29.3. The zero-order valence-electron chi connectivity index (χ0n) is 32.2. The third kappa shape index (κ3) is 5.78. The molecule has 3 nitrogen and oxygen atoms in total. The minimum atomic E-state index is -0.538. The quantitative estimate of drug-likeness (QED) is 0.163. The molecule has 0 aliphatic heterocycles. The van der Waals surface area contributed by atoms with Crippen molar-refractivity contribution in [1.29, 1.82) is 0 Å². The van der Waals surface area contributed by atoms with Crippen molar-refractivity contribution < 1.29 is 0 Å². The Morgan fingerprint density at radius 3 is 1.41 bits per heavy atom. The van der Waals surface area contributed by atoms with Crippen LogP contribution in [0.4, 0.5) is 0 Å². The molecule has 1 heterocycles. The topological polar surface area (TPSA) is 38.7 Å². The maximum absolute atomic E-state index is 5.21. The van der Waals surface area contributed by atoms with Crippen LogP contribution in [-0.4, -0.2) is 15.0 Å². The van der Waals surface area contributed by atoms with E-state index in [9.17, 15) is 0 Å². The predicted octanol–water partition coefficient (Wildman–Crippen LogP) is 13.7. The number of hydrogen-bond donors (Lipinski definition) is 0. The van der Waals surface area contributed by atoms with Gasteiger partial charge in [0.05, 0.1) is 5.41 Å². The van der Waals surface area contributed by atoms with E-state index in [4.69, 9.17) is 15.0 Å². The summed E-state index contributed by atoms with van der Waals surface area (Å²) >= 11 is 0. The molecule has 0 radical (unpaired) electrons. The number of hydrogen-bond acceptors (Lipinski definition) is 3. The van der Waals surface area contributed by atoms with Crippen LogP contribution in [0.1, 0.15) is 22.3 Å². The van der Waals surface area contributed by atoms with Gasteiger partial charge in [-0.05, 0) is 84.6 Å². The second-order valence-corrected chi connectivity index (χ2v) is 15.1. The van der Waals surface area contributed by atoms with Crippen molar-refractivity contribution >= 4 is 10.8 Å². The lowest BCUT2D eigenvalue weighted by Crippen LogP contribution is -2.28. The largest absolute Gasteiger partial charge is 0.208 e. The van der Waals surface area contributed by atoms with Gasteiger partial charge in [0.2, 0.25) is 0 Å². The highest BCUT2D eigenvalue weighted by Gasteiger charge is 2.48. The van der Waals surface area contributed by atoms with Crippen molar-refractivity contribution in [2.45, 2.75) is 5.41 Å². The molecule has 0 fully saturated rings. The minimum Gasteiger partial charge on any atom is -0.208 e. The third-order valence-electron chi connectivity index (χ3n) is 11.8. The Kier molecular flexibility index (Phi) is 8.37. The van der Waals surface area contributed by atoms with Crippen molar-refractivity contribution in [3.05, 3.63) is 247 Å². The van der Waals surface area contributed by atoms with E-state index in [-0.39, 0.29) is 0 Å². The van der Waals surface area contributed by atoms with E-state index in [0.717, 1.165) is 33.4 Å². The van der Waals surface area contributed by atoms with Crippen molar-refractivity contribution in [1.82, 2.24) is 15.0 Å². The normalized spacial score (nSPS) is 12.5. The van der Waals surface area contributed by atoms with Gasteiger partial charge in [-0.15, -0.1) is 0 Å². The van der Waals surface area contributed by atoms with E-state index in [1.54, 1.807) is 0 Å². The fraction of sp³-hybridized carbons (Fsp3) is 0.0179. The van der Waals surface area contributed by atoms with Crippen LogP contribution in [0.5, 0.6) is 0 Å². The summed E-state index contributed by atoms with van der Waals surface area (Å²) in [5.74, 6) is 1.90. The maximum Gasteiger partial charge on any atom is 0.164 e. The summed E-state index contributed by atoms with van der Waals surface area (Å²) in [5.41, 5.74) is 14.4. The van der Waals surface area contributed by atoms with E-state index in [1.807, 2.05) is 24.3 Å². The Morgan fingerprint density at radius 1 is 0.305 bits per heavy atom. The molecule has 1 aromatic heterocycles. The molecule has 0 saturated heterocycles. The van der Waals surface area contributed by atoms with Gasteiger partial charge in [-0.2, -0.15) is 0 Å². The van der Waals surface area contributed by atoms with Crippen molar-refractivity contribution in [3.8, 4) is 67.5 Å². The van der Waals surface area contributed by atoms with Crippen molar-refractivity contribution in [2.24, 2.45) is 0 Å². The highest BCUT2D eigenvalue weighted by molar-refractivity contribution is 6.07. The Labute approximate surface area is 344 Å². The van der Waals surface area contributed by atoms with Gasteiger partial charge in [-0.1, -0.05) is 206 Å². The average Bonchev–Trinajstić information content (AvgIpc) is 3.64. The van der Waals surface area contributed by atoms with E-state index < -0.39 is 5.41 Å². The molecule has 0 bridgehead atoms. The SMILES string of the molecule is c1ccc(-c2cccc(-c3nc(-c4ccccc4)nc(-c4cccc(-c5cc6ccccc6c6c5-c5ccccc5C6(c5ccccc5)c5ccccc5)c4)n3)c2)cc1. The molecule has 11 rings (SSSR count). The molecule has 0 atom stereocenters. The Balaban J connectivity index is 1.15. The van der Waals surface area contributed by atoms with Gasteiger partial charge in [-0.25, -0.2) is 15.0 Å². The summed E-state index contributed by atoms with van der Waals surface area (Å²) in [6, 6.07) is 80.1. The second-order valence-electron chi connectivity index (χ2n) is 15.1. The molecule has 0 spiro atoms. The van der Waals surface area contributed by atoms with Crippen LogP contribution >= 0.6 is 0 Å². The summed E-state index contributed by atoms with van der Waals surface area (Å²) in [7, 11) is 0. The molecule has 0 unspecified atom stereocenters. The number of aromatic nitrogens is 3. The zero-order chi connectivity index (χ0) is 39.2. The number of nitrogens with zero attached hydrogens (tertiary/aromatic N) is 3. The number of fused-ring (bicyclic) bond motifs is 5. The summed E-state index contributed by atoms with van der Waals surface area (Å²) in [4.78, 5) is 15.4. The van der Waals surface area contributed by atoms with Gasteiger partial charge >= 0.3 is 0 Å². The fourth-order valence-electron chi connectivity index (χ4n) is 9.19. The van der Waals surface area contributed by atoms with Crippen molar-refractivity contribution in [3.63, 3.8) is 0 Å². The lowest BCUT2D eigenvalue weighted by molar-refractivity contribution is 0.775. The highest BCUT2D eigenvalue weighted by Crippen LogP contribution is 2.60. The average molecular weight is 752 g/mol. The molecule has 1 aliphatic rings. The first-order valence-electron chi connectivity index (χ1n) is 20.1. The van der Waals surface area contributed by atoms with Crippen molar-refractivity contribution in [2.75, 3.05) is 0 Å². The van der Waals surface area contributed by atoms with Gasteiger partial charge < -0.3 is 0 Å². The second kappa shape index (κ2) is 14.3. The first-order valence-corrected chi connectivity index (χ1v) is 20.1. The van der Waals surface area contributed by atoms with Crippen LogP contribution in [-0.2, 0) is 5.41 Å². The third-order valence-corrected chi connectivity index (χ3v) is 11.8. The standard InChI is InChI=1S/C56H37N3/c1-5-19-38(20-6-1)40-24-17-26-43(35-40)54-57-53(39-21-7-2-8-22-39)58-55(59-54)44-27-18-25-41(36-44)49-37-42-23-13-14-32-47(42)52-51(49)48-33-15-16-34-50(48)56(52,45-28-9-3-10-29-45)46-30-11-4-12-31-46/h1-37H. The van der Waals surface area contributed by atoms with Gasteiger partial charge in [-0.3, -0.25) is 0 Å². The number of benzene rings is 9. The molecular weight excluding hydrogens is 715 g/mol. The molecular formula is C56H37N3. The summed E-state index contributed by atoms with van der Waals surface area (Å²) in [6.45, 7) is 0. The molecule has 3 heteroatoms. The highest BCUT2D eigenvalue weighted by atomic mass is 15.0. The van der Waals surface area contributed by atoms with E-state index >= 15 is 0 Å². The van der Waals surface area contributed by atoms with E-state index in [0.29, 0.717) is 17.5 Å². The fourth-order valence-corrected chi connectivity index (χ4v) is 9.19. The smallest absolute Gasteiger partial charge is 0.164 e. The lowest BCUT2D eigenvalue weighted by Gasteiger charge is -2.35. The van der Waals surface area contributed by atoms with Gasteiger partial charge in [0.25, 0.3) is 0 Å². The van der Waals surface area contributed by atoms with E-state index in [1.165, 1.54) is 49.7 Å². The molecule has 1 aliphatic carbocycles. The Hall–Kier alpha value is -7.75. The van der Waals surface area contributed by atoms with E-state index in [2.05, 4.69) is 200 Å². The van der Waals surface area contributed by atoms with Crippen LogP contribution in [0.15, 0.2) is 224 Å². The summed E-state index contributed by atoms with van der Waals surface area (Å²) in [6.07, 6.45) is 0. The molecule has 10 aromatic rings. The molecule has 0 saturated carbocycles. The summed E-state index contributed by atoms with van der Waals surface area (Å²) in [5, 5.41) is 2.45. The Morgan fingerprint density at radius 2 is 0.763 bits per heavy atom. The minimum absolute atomic E-state index is 0.538. The van der Waals surface area contributed by atoms with Gasteiger partial charge in [0.1, 0.15) is 0 Å². The molecule has 0 N–H and O–H groups in total. The van der Waals surface area contributed by atoms with Crippen LogP contribution in [0.25, 0.3) is 78.3 Å². The first kappa shape index (κ1) is 34.5. The maximum atomic E-state index is 5.21. The zero-order valence-corrected chi connectivity index (χ0v) is 32.2.